The molecule has 3 nitrogen and oxygen atoms in total. The van der Waals surface area contributed by atoms with Gasteiger partial charge in [0, 0.05) is 5.54 Å². The zero-order chi connectivity index (χ0) is 13.1. The van der Waals surface area contributed by atoms with Gasteiger partial charge in [-0.25, -0.2) is 0 Å². The van der Waals surface area contributed by atoms with E-state index in [1.807, 2.05) is 0 Å². The summed E-state index contributed by atoms with van der Waals surface area (Å²) in [5, 5.41) is 0.882. The highest BCUT2D eigenvalue weighted by molar-refractivity contribution is 6.42. The van der Waals surface area contributed by atoms with Gasteiger partial charge in [-0.15, -0.1) is 0 Å². The van der Waals surface area contributed by atoms with E-state index >= 15 is 0 Å². The second-order valence-corrected chi connectivity index (χ2v) is 4.84. The Hall–Kier alpha value is -0.770. The number of hydrogen-bond acceptors (Lipinski definition) is 3. The van der Waals surface area contributed by atoms with Gasteiger partial charge in [0.2, 0.25) is 0 Å². The first-order valence-corrected chi connectivity index (χ1v) is 6.02. The highest BCUT2D eigenvalue weighted by atomic mass is 35.5. The van der Waals surface area contributed by atoms with Gasteiger partial charge < -0.3 is 10.5 Å². The summed E-state index contributed by atoms with van der Waals surface area (Å²) in [4.78, 5) is 11.4. The van der Waals surface area contributed by atoms with Crippen LogP contribution in [-0.2, 0) is 15.1 Å². The molecule has 1 unspecified atom stereocenters. The number of hydrogen-bond donors (Lipinski definition) is 1. The van der Waals surface area contributed by atoms with Crippen molar-refractivity contribution >= 4 is 29.2 Å². The number of carbonyl (C=O) groups is 1. The van der Waals surface area contributed by atoms with E-state index < -0.39 is 5.54 Å². The molecule has 1 rings (SSSR count). The summed E-state index contributed by atoms with van der Waals surface area (Å²) in [5.74, 6) is -0.330. The van der Waals surface area contributed by atoms with Crippen LogP contribution in [0.2, 0.25) is 10.0 Å². The van der Waals surface area contributed by atoms with E-state index in [2.05, 4.69) is 0 Å². The molecule has 0 bridgehead atoms. The van der Waals surface area contributed by atoms with Crippen molar-refractivity contribution in [1.82, 2.24) is 0 Å². The van der Waals surface area contributed by atoms with Crippen LogP contribution in [0.5, 0.6) is 0 Å². The molecule has 0 aromatic heterocycles. The summed E-state index contributed by atoms with van der Waals surface area (Å²) in [7, 11) is 0. The predicted octanol–water partition coefficient (Wildman–Crippen LogP) is 3.12. The van der Waals surface area contributed by atoms with Crippen molar-refractivity contribution in [3.05, 3.63) is 33.8 Å². The molecule has 0 amide bonds. The molecule has 0 saturated carbocycles. The second-order valence-electron chi connectivity index (χ2n) is 4.03. The number of benzene rings is 1. The highest BCUT2D eigenvalue weighted by Gasteiger charge is 2.26. The molecule has 1 aromatic carbocycles. The number of ether oxygens (including phenoxy) is 1. The quantitative estimate of drug-likeness (QED) is 0.859. The zero-order valence-electron chi connectivity index (χ0n) is 9.80. The Morgan fingerprint density at radius 1 is 1.41 bits per heavy atom. The van der Waals surface area contributed by atoms with E-state index in [1.54, 1.807) is 32.0 Å². The molecule has 0 saturated heterocycles. The maximum atomic E-state index is 11.4. The lowest BCUT2D eigenvalue weighted by Gasteiger charge is -2.24. The van der Waals surface area contributed by atoms with Crippen LogP contribution in [0.15, 0.2) is 18.2 Å². The fraction of sp³-hybridized carbons (Fsp3) is 0.417. The molecule has 0 fully saturated rings. The largest absolute Gasteiger partial charge is 0.466 e. The van der Waals surface area contributed by atoms with Crippen LogP contribution in [0, 0.1) is 0 Å². The van der Waals surface area contributed by atoms with Gasteiger partial charge in [0.1, 0.15) is 0 Å². The van der Waals surface area contributed by atoms with Gasteiger partial charge >= 0.3 is 5.97 Å². The second kappa shape index (κ2) is 5.71. The standard InChI is InChI=1S/C12H15Cl2NO2/c1-3-17-11(16)7-12(2,15)8-4-5-9(13)10(14)6-8/h4-6H,3,7,15H2,1-2H3. The smallest absolute Gasteiger partial charge is 0.307 e. The number of nitrogens with two attached hydrogens (primary N) is 1. The minimum atomic E-state index is -0.819. The third-order valence-electron chi connectivity index (χ3n) is 2.40. The first kappa shape index (κ1) is 14.3. The van der Waals surface area contributed by atoms with E-state index in [9.17, 15) is 4.79 Å². The SMILES string of the molecule is CCOC(=O)CC(C)(N)c1ccc(Cl)c(Cl)c1. The molecular formula is C12H15Cl2NO2. The third kappa shape index (κ3) is 3.87. The van der Waals surface area contributed by atoms with Gasteiger partial charge in [-0.2, -0.15) is 0 Å². The molecule has 1 atom stereocenters. The van der Waals surface area contributed by atoms with Crippen molar-refractivity contribution in [3.8, 4) is 0 Å². The molecule has 5 heteroatoms. The summed E-state index contributed by atoms with van der Waals surface area (Å²) in [6, 6.07) is 5.09. The normalized spacial score (nSPS) is 14.2. The molecule has 17 heavy (non-hydrogen) atoms. The van der Waals surface area contributed by atoms with Crippen LogP contribution in [0.25, 0.3) is 0 Å². The third-order valence-corrected chi connectivity index (χ3v) is 3.13. The maximum Gasteiger partial charge on any atom is 0.307 e. The fourth-order valence-corrected chi connectivity index (χ4v) is 1.76. The monoisotopic (exact) mass is 275 g/mol. The molecule has 0 aliphatic heterocycles. The summed E-state index contributed by atoms with van der Waals surface area (Å²) < 4.78 is 4.88. The number of esters is 1. The van der Waals surface area contributed by atoms with Gasteiger partial charge in [-0.3, -0.25) is 4.79 Å². The summed E-state index contributed by atoms with van der Waals surface area (Å²) in [6.07, 6.45) is 0.0960. The van der Waals surface area contributed by atoms with Crippen molar-refractivity contribution < 1.29 is 9.53 Å². The molecule has 0 spiro atoms. The molecular weight excluding hydrogens is 261 g/mol. The van der Waals surface area contributed by atoms with Crippen molar-refractivity contribution in [2.24, 2.45) is 5.73 Å². The first-order chi connectivity index (χ1) is 7.86. The van der Waals surface area contributed by atoms with E-state index in [1.165, 1.54) is 0 Å². The van der Waals surface area contributed by atoms with Crippen LogP contribution in [0.1, 0.15) is 25.8 Å². The molecule has 0 aliphatic rings. The van der Waals surface area contributed by atoms with Gasteiger partial charge in [-0.1, -0.05) is 29.3 Å². The average Bonchev–Trinajstić information content (AvgIpc) is 2.21. The summed E-state index contributed by atoms with van der Waals surface area (Å²) in [6.45, 7) is 3.85. The number of carbonyl (C=O) groups excluding carboxylic acids is 1. The van der Waals surface area contributed by atoms with Crippen molar-refractivity contribution in [2.45, 2.75) is 25.8 Å². The van der Waals surface area contributed by atoms with Crippen molar-refractivity contribution in [2.75, 3.05) is 6.61 Å². The van der Waals surface area contributed by atoms with Crippen molar-refractivity contribution in [3.63, 3.8) is 0 Å². The van der Waals surface area contributed by atoms with Crippen LogP contribution in [0.4, 0.5) is 0 Å². The molecule has 0 aliphatic carbocycles. The zero-order valence-corrected chi connectivity index (χ0v) is 11.3. The maximum absolute atomic E-state index is 11.4. The van der Waals surface area contributed by atoms with Gasteiger partial charge in [0.25, 0.3) is 0 Å². The number of rotatable bonds is 4. The molecule has 1 aromatic rings. The van der Waals surface area contributed by atoms with Crippen LogP contribution >= 0.6 is 23.2 Å². The van der Waals surface area contributed by atoms with E-state index in [0.717, 1.165) is 5.56 Å². The Labute approximate surface area is 111 Å². The van der Waals surface area contributed by atoms with Crippen LogP contribution in [-0.4, -0.2) is 12.6 Å². The predicted molar refractivity (Wildman–Crippen MR) is 69.3 cm³/mol. The lowest BCUT2D eigenvalue weighted by Crippen LogP contribution is -2.36. The lowest BCUT2D eigenvalue weighted by atomic mass is 9.90. The van der Waals surface area contributed by atoms with E-state index in [-0.39, 0.29) is 12.4 Å². The van der Waals surface area contributed by atoms with Crippen LogP contribution < -0.4 is 5.73 Å². The molecule has 2 N–H and O–H groups in total. The highest BCUT2D eigenvalue weighted by Crippen LogP contribution is 2.29. The minimum Gasteiger partial charge on any atom is -0.466 e. The lowest BCUT2D eigenvalue weighted by molar-refractivity contribution is -0.144. The first-order valence-electron chi connectivity index (χ1n) is 5.27. The van der Waals surface area contributed by atoms with Crippen LogP contribution in [0.3, 0.4) is 0 Å². The summed E-state index contributed by atoms with van der Waals surface area (Å²) in [5.41, 5.74) is 6.02. The number of halogens is 2. The van der Waals surface area contributed by atoms with Gasteiger partial charge in [-0.05, 0) is 31.5 Å². The topological polar surface area (TPSA) is 52.3 Å². The Balaban J connectivity index is 2.88. The van der Waals surface area contributed by atoms with Crippen molar-refractivity contribution in [1.29, 1.82) is 0 Å². The Kier molecular flexibility index (Phi) is 4.80. The Morgan fingerprint density at radius 2 is 2.06 bits per heavy atom. The Bertz CT molecular complexity index is 419. The fourth-order valence-electron chi connectivity index (χ4n) is 1.47. The molecule has 94 valence electrons. The average molecular weight is 276 g/mol. The Morgan fingerprint density at radius 3 is 2.59 bits per heavy atom. The van der Waals surface area contributed by atoms with Gasteiger partial charge in [0.15, 0.2) is 0 Å². The summed E-state index contributed by atoms with van der Waals surface area (Å²) >= 11 is 11.7. The van der Waals surface area contributed by atoms with E-state index in [0.29, 0.717) is 16.7 Å². The van der Waals surface area contributed by atoms with Gasteiger partial charge in [0.05, 0.1) is 23.1 Å². The molecule has 0 radical (unpaired) electrons. The molecule has 0 heterocycles. The van der Waals surface area contributed by atoms with E-state index in [4.69, 9.17) is 33.7 Å². The minimum absolute atomic E-state index is 0.0960.